The van der Waals surface area contributed by atoms with Crippen molar-refractivity contribution in [3.05, 3.63) is 35.4 Å². The molecule has 1 aliphatic carbocycles. The molecule has 0 spiro atoms. The average Bonchev–Trinajstić information content (AvgIpc) is 2.75. The predicted octanol–water partition coefficient (Wildman–Crippen LogP) is 2.82. The Morgan fingerprint density at radius 1 is 1.24 bits per heavy atom. The summed E-state index contributed by atoms with van der Waals surface area (Å²) in [5.41, 5.74) is 8.88. The summed E-state index contributed by atoms with van der Waals surface area (Å²) in [6, 6.07) is 9.16. The highest BCUT2D eigenvalue weighted by atomic mass is 16.5. The van der Waals surface area contributed by atoms with Gasteiger partial charge in [0.2, 0.25) is 0 Å². The second-order valence-corrected chi connectivity index (χ2v) is 5.48. The predicted molar refractivity (Wildman–Crippen MR) is 68.8 cm³/mol. The molecular weight excluding hydrogens is 210 g/mol. The molecule has 3 rings (SSSR count). The summed E-state index contributed by atoms with van der Waals surface area (Å²) in [6.07, 6.45) is 6.20. The van der Waals surface area contributed by atoms with Crippen LogP contribution in [-0.4, -0.2) is 12.6 Å². The molecule has 0 aromatic heterocycles. The van der Waals surface area contributed by atoms with Crippen LogP contribution in [-0.2, 0) is 11.2 Å². The molecule has 1 aromatic rings. The van der Waals surface area contributed by atoms with Crippen molar-refractivity contribution in [2.24, 2.45) is 11.7 Å². The highest BCUT2D eigenvalue weighted by Gasteiger charge is 2.28. The van der Waals surface area contributed by atoms with Crippen LogP contribution < -0.4 is 5.73 Å². The first-order valence-corrected chi connectivity index (χ1v) is 6.78. The molecule has 2 heteroatoms. The molecule has 2 aliphatic rings. The number of benzene rings is 1. The zero-order chi connectivity index (χ0) is 11.7. The molecule has 1 fully saturated rings. The summed E-state index contributed by atoms with van der Waals surface area (Å²) in [6.45, 7) is 0.875. The van der Waals surface area contributed by atoms with Crippen LogP contribution in [0.1, 0.15) is 42.9 Å². The minimum Gasteiger partial charge on any atom is -0.373 e. The van der Waals surface area contributed by atoms with Crippen molar-refractivity contribution in [1.82, 2.24) is 0 Å². The van der Waals surface area contributed by atoms with E-state index in [1.165, 1.54) is 30.4 Å². The van der Waals surface area contributed by atoms with Gasteiger partial charge in [0.1, 0.15) is 0 Å². The molecule has 3 atom stereocenters. The summed E-state index contributed by atoms with van der Waals surface area (Å²) in [4.78, 5) is 0. The number of rotatable bonds is 2. The Bertz CT molecular complexity index is 390. The lowest BCUT2D eigenvalue weighted by Gasteiger charge is -2.28. The van der Waals surface area contributed by atoms with E-state index in [2.05, 4.69) is 24.3 Å². The molecule has 2 N–H and O–H groups in total. The van der Waals surface area contributed by atoms with E-state index in [0.717, 1.165) is 25.4 Å². The van der Waals surface area contributed by atoms with E-state index in [-0.39, 0.29) is 0 Å². The third-order valence-corrected chi connectivity index (χ3v) is 4.22. The van der Waals surface area contributed by atoms with Crippen LogP contribution in [0.2, 0.25) is 0 Å². The average molecular weight is 231 g/mol. The molecule has 0 radical (unpaired) electrons. The minimum atomic E-state index is 0.315. The number of nitrogens with two attached hydrogens (primary N) is 1. The van der Waals surface area contributed by atoms with Crippen LogP contribution in [0, 0.1) is 5.92 Å². The van der Waals surface area contributed by atoms with Crippen molar-refractivity contribution in [1.29, 1.82) is 0 Å². The van der Waals surface area contributed by atoms with Crippen molar-refractivity contribution < 1.29 is 4.74 Å². The summed E-state index contributed by atoms with van der Waals surface area (Å²) >= 11 is 0. The zero-order valence-corrected chi connectivity index (χ0v) is 10.3. The Hall–Kier alpha value is -0.860. The van der Waals surface area contributed by atoms with Crippen molar-refractivity contribution in [2.75, 3.05) is 6.61 Å². The van der Waals surface area contributed by atoms with E-state index in [1.807, 2.05) is 0 Å². The fourth-order valence-corrected chi connectivity index (χ4v) is 3.30. The molecular formula is C15H21NO. The van der Waals surface area contributed by atoms with Gasteiger partial charge in [-0.15, -0.1) is 0 Å². The summed E-state index contributed by atoms with van der Waals surface area (Å²) in [5, 5.41) is 0. The van der Waals surface area contributed by atoms with E-state index in [9.17, 15) is 0 Å². The number of fused-ring (bicyclic) bond motifs is 1. The van der Waals surface area contributed by atoms with Gasteiger partial charge in [-0.05, 0) is 49.1 Å². The Kier molecular flexibility index (Phi) is 3.17. The fraction of sp³-hybridized carbons (Fsp3) is 0.600. The van der Waals surface area contributed by atoms with E-state index >= 15 is 0 Å². The van der Waals surface area contributed by atoms with Crippen molar-refractivity contribution >= 4 is 0 Å². The van der Waals surface area contributed by atoms with Gasteiger partial charge in [-0.2, -0.15) is 0 Å². The van der Waals surface area contributed by atoms with Gasteiger partial charge in [0.25, 0.3) is 0 Å². The molecule has 3 unspecified atom stereocenters. The van der Waals surface area contributed by atoms with Crippen LogP contribution in [0.5, 0.6) is 0 Å². The first-order chi connectivity index (χ1) is 8.33. The number of hydrogen-bond acceptors (Lipinski definition) is 2. The van der Waals surface area contributed by atoms with Crippen molar-refractivity contribution in [3.63, 3.8) is 0 Å². The second kappa shape index (κ2) is 4.79. The normalized spacial score (nSPS) is 32.4. The Morgan fingerprint density at radius 3 is 2.94 bits per heavy atom. The topological polar surface area (TPSA) is 35.2 Å². The molecule has 1 saturated carbocycles. The van der Waals surface area contributed by atoms with E-state index in [1.54, 1.807) is 0 Å². The van der Waals surface area contributed by atoms with Crippen molar-refractivity contribution in [2.45, 2.75) is 44.2 Å². The van der Waals surface area contributed by atoms with E-state index in [4.69, 9.17) is 10.5 Å². The highest BCUT2D eigenvalue weighted by Crippen LogP contribution is 2.37. The number of hydrogen-bond donors (Lipinski definition) is 1. The monoisotopic (exact) mass is 231 g/mol. The molecule has 92 valence electrons. The third-order valence-electron chi connectivity index (χ3n) is 4.22. The maximum Gasteiger partial charge on any atom is 0.0830 e. The lowest BCUT2D eigenvalue weighted by Crippen LogP contribution is -2.19. The summed E-state index contributed by atoms with van der Waals surface area (Å²) in [5.74, 6) is 0.765. The van der Waals surface area contributed by atoms with Crippen molar-refractivity contribution in [3.8, 4) is 0 Å². The Balaban J connectivity index is 1.72. The van der Waals surface area contributed by atoms with Crippen LogP contribution >= 0.6 is 0 Å². The first kappa shape index (κ1) is 11.2. The molecule has 1 aromatic carbocycles. The largest absolute Gasteiger partial charge is 0.373 e. The molecule has 1 heterocycles. The molecule has 17 heavy (non-hydrogen) atoms. The van der Waals surface area contributed by atoms with Gasteiger partial charge in [0.05, 0.1) is 12.7 Å². The smallest absolute Gasteiger partial charge is 0.0830 e. The number of ether oxygens (including phenoxy) is 1. The van der Waals surface area contributed by atoms with Gasteiger partial charge >= 0.3 is 0 Å². The summed E-state index contributed by atoms with van der Waals surface area (Å²) < 4.78 is 5.96. The molecule has 0 saturated heterocycles. The van der Waals surface area contributed by atoms with Crippen LogP contribution in [0.4, 0.5) is 0 Å². The fourth-order valence-electron chi connectivity index (χ4n) is 3.30. The maximum atomic E-state index is 5.98. The van der Waals surface area contributed by atoms with Gasteiger partial charge in [-0.3, -0.25) is 0 Å². The van der Waals surface area contributed by atoms with Gasteiger partial charge in [-0.25, -0.2) is 0 Å². The highest BCUT2D eigenvalue weighted by molar-refractivity contribution is 5.30. The second-order valence-electron chi connectivity index (χ2n) is 5.48. The maximum absolute atomic E-state index is 5.98. The van der Waals surface area contributed by atoms with E-state index < -0.39 is 0 Å². The van der Waals surface area contributed by atoms with Gasteiger partial charge in [-0.1, -0.05) is 24.3 Å². The molecule has 0 bridgehead atoms. The van der Waals surface area contributed by atoms with Crippen LogP contribution in [0.15, 0.2) is 24.3 Å². The quantitative estimate of drug-likeness (QED) is 0.849. The lowest BCUT2D eigenvalue weighted by molar-refractivity contribution is 0.0257. The zero-order valence-electron chi connectivity index (χ0n) is 10.3. The van der Waals surface area contributed by atoms with Gasteiger partial charge in [0.15, 0.2) is 0 Å². The van der Waals surface area contributed by atoms with Gasteiger partial charge < -0.3 is 10.5 Å². The summed E-state index contributed by atoms with van der Waals surface area (Å²) in [7, 11) is 0. The van der Waals surface area contributed by atoms with Crippen LogP contribution in [0.25, 0.3) is 0 Å². The first-order valence-electron chi connectivity index (χ1n) is 6.78. The molecule has 1 aliphatic heterocycles. The molecule has 0 amide bonds. The van der Waals surface area contributed by atoms with Gasteiger partial charge in [0, 0.05) is 6.04 Å². The lowest BCUT2D eigenvalue weighted by atomic mass is 9.90. The standard InChI is InChI=1S/C15H21NO/c16-13-6-5-11(9-13)10-15-14-4-2-1-3-12(14)7-8-17-15/h1-4,11,13,15H,5-10,16H2. The minimum absolute atomic E-state index is 0.315. The third kappa shape index (κ3) is 2.38. The molecule has 2 nitrogen and oxygen atoms in total. The van der Waals surface area contributed by atoms with E-state index in [0.29, 0.717) is 12.1 Å². The SMILES string of the molecule is NC1CCC(CC2OCCc3ccccc32)C1. The van der Waals surface area contributed by atoms with Crippen LogP contribution in [0.3, 0.4) is 0 Å². The Labute approximate surface area is 103 Å². The Morgan fingerprint density at radius 2 is 2.12 bits per heavy atom.